The summed E-state index contributed by atoms with van der Waals surface area (Å²) >= 11 is 0. The molecule has 0 saturated carbocycles. The maximum absolute atomic E-state index is 13.5. The van der Waals surface area contributed by atoms with Gasteiger partial charge in [0, 0.05) is 18.5 Å². The molecule has 2 heterocycles. The molecule has 3 aromatic rings. The van der Waals surface area contributed by atoms with E-state index in [1.54, 1.807) is 24.3 Å². The fraction of sp³-hybridized carbons (Fsp3) is 0.318. The van der Waals surface area contributed by atoms with E-state index in [1.807, 2.05) is 12.1 Å². The molecule has 0 amide bonds. The Hall–Kier alpha value is -2.76. The Morgan fingerprint density at radius 3 is 2.43 bits per heavy atom. The number of methoxy groups -OCH3 is 1. The zero-order chi connectivity index (χ0) is 19.7. The third kappa shape index (κ3) is 3.63. The number of nitrogens with zero attached hydrogens (tertiary/aromatic N) is 2. The molecule has 0 radical (unpaired) electrons. The predicted molar refractivity (Wildman–Crippen MR) is 105 cm³/mol. The molecule has 4 rings (SSSR count). The lowest BCUT2D eigenvalue weighted by molar-refractivity contribution is -0.137. The molecule has 0 N–H and O–H groups in total. The number of hydrogen-bond acceptors (Lipinski definition) is 3. The van der Waals surface area contributed by atoms with Gasteiger partial charge in [0.15, 0.2) is 0 Å². The molecule has 146 valence electrons. The van der Waals surface area contributed by atoms with E-state index in [4.69, 9.17) is 9.72 Å². The van der Waals surface area contributed by atoms with Gasteiger partial charge < -0.3 is 9.64 Å². The molecule has 6 heteroatoms. The van der Waals surface area contributed by atoms with E-state index in [2.05, 4.69) is 4.90 Å². The van der Waals surface area contributed by atoms with Crippen molar-refractivity contribution in [3.8, 4) is 16.9 Å². The van der Waals surface area contributed by atoms with Gasteiger partial charge in [-0.2, -0.15) is 13.2 Å². The van der Waals surface area contributed by atoms with Crippen LogP contribution in [0.4, 0.5) is 19.0 Å². The summed E-state index contributed by atoms with van der Waals surface area (Å²) in [5.74, 6) is 1.12. The molecule has 1 aliphatic rings. The Kier molecular flexibility index (Phi) is 4.87. The van der Waals surface area contributed by atoms with Gasteiger partial charge in [0.25, 0.3) is 0 Å². The lowest BCUT2D eigenvalue weighted by atomic mass is 9.97. The SMILES string of the molecule is COc1ccc(-c2ccc3nc(N4CCCCC4)ccc3c2)c(C(F)(F)F)c1. The number of halogens is 3. The van der Waals surface area contributed by atoms with Crippen LogP contribution in [0.15, 0.2) is 48.5 Å². The van der Waals surface area contributed by atoms with Gasteiger partial charge in [-0.05, 0) is 66.8 Å². The molecule has 28 heavy (non-hydrogen) atoms. The molecule has 1 saturated heterocycles. The van der Waals surface area contributed by atoms with Gasteiger partial charge in [-0.15, -0.1) is 0 Å². The Morgan fingerprint density at radius 2 is 1.71 bits per heavy atom. The van der Waals surface area contributed by atoms with Crippen LogP contribution in [-0.4, -0.2) is 25.2 Å². The van der Waals surface area contributed by atoms with Gasteiger partial charge >= 0.3 is 6.18 Å². The number of benzene rings is 2. The molecule has 0 aliphatic carbocycles. The number of hydrogen-bond donors (Lipinski definition) is 0. The summed E-state index contributed by atoms with van der Waals surface area (Å²) < 4.78 is 45.6. The number of alkyl halides is 3. The number of anilines is 1. The van der Waals surface area contributed by atoms with Crippen molar-refractivity contribution in [2.24, 2.45) is 0 Å². The molecule has 0 unspecified atom stereocenters. The molecule has 1 aromatic heterocycles. The molecular formula is C22H21F3N2O. The number of pyridine rings is 1. The number of piperidine rings is 1. The summed E-state index contributed by atoms with van der Waals surface area (Å²) in [5, 5.41) is 0.821. The molecule has 2 aromatic carbocycles. The van der Waals surface area contributed by atoms with Crippen LogP contribution in [0.2, 0.25) is 0 Å². The van der Waals surface area contributed by atoms with E-state index in [9.17, 15) is 13.2 Å². The second-order valence-electron chi connectivity index (χ2n) is 7.03. The first-order valence-corrected chi connectivity index (χ1v) is 9.37. The minimum Gasteiger partial charge on any atom is -0.497 e. The Bertz CT molecular complexity index is 995. The highest BCUT2D eigenvalue weighted by molar-refractivity contribution is 5.86. The van der Waals surface area contributed by atoms with Crippen LogP contribution in [0.5, 0.6) is 5.75 Å². The fourth-order valence-electron chi connectivity index (χ4n) is 3.72. The quantitative estimate of drug-likeness (QED) is 0.559. The van der Waals surface area contributed by atoms with E-state index < -0.39 is 11.7 Å². The van der Waals surface area contributed by atoms with Crippen molar-refractivity contribution in [2.45, 2.75) is 25.4 Å². The van der Waals surface area contributed by atoms with Crippen molar-refractivity contribution >= 4 is 16.7 Å². The molecular weight excluding hydrogens is 365 g/mol. The van der Waals surface area contributed by atoms with Crippen molar-refractivity contribution in [1.29, 1.82) is 0 Å². The van der Waals surface area contributed by atoms with Gasteiger partial charge in [-0.3, -0.25) is 0 Å². The average Bonchev–Trinajstić information content (AvgIpc) is 2.72. The largest absolute Gasteiger partial charge is 0.497 e. The average molecular weight is 386 g/mol. The molecule has 0 spiro atoms. The standard InChI is InChI=1S/C22H21F3N2O/c1-28-17-7-8-18(19(14-17)22(23,24)25)15-5-9-20-16(13-15)6-10-21(26-20)27-11-3-2-4-12-27/h5-10,13-14H,2-4,11-12H2,1H3. The van der Waals surface area contributed by atoms with E-state index >= 15 is 0 Å². The van der Waals surface area contributed by atoms with Crippen molar-refractivity contribution in [3.05, 3.63) is 54.1 Å². The number of fused-ring (bicyclic) bond motifs is 1. The van der Waals surface area contributed by atoms with Crippen LogP contribution in [-0.2, 0) is 6.18 Å². The van der Waals surface area contributed by atoms with Crippen molar-refractivity contribution in [1.82, 2.24) is 4.98 Å². The summed E-state index contributed by atoms with van der Waals surface area (Å²) in [7, 11) is 1.36. The summed E-state index contributed by atoms with van der Waals surface area (Å²) in [5.41, 5.74) is 0.725. The van der Waals surface area contributed by atoms with Gasteiger partial charge in [0.1, 0.15) is 11.6 Å². The van der Waals surface area contributed by atoms with Crippen molar-refractivity contribution < 1.29 is 17.9 Å². The summed E-state index contributed by atoms with van der Waals surface area (Å²) in [4.78, 5) is 6.98. The highest BCUT2D eigenvalue weighted by Crippen LogP contribution is 2.39. The second kappa shape index (κ2) is 7.34. The fourth-order valence-corrected chi connectivity index (χ4v) is 3.72. The molecule has 3 nitrogen and oxygen atoms in total. The van der Waals surface area contributed by atoms with Gasteiger partial charge in [-0.1, -0.05) is 12.1 Å². The Labute approximate surface area is 161 Å². The molecule has 1 fully saturated rings. The predicted octanol–water partition coefficient (Wildman–Crippen LogP) is 5.92. The number of rotatable bonds is 3. The van der Waals surface area contributed by atoms with Gasteiger partial charge in [0.2, 0.25) is 0 Å². The summed E-state index contributed by atoms with van der Waals surface area (Å²) in [6, 6.07) is 13.2. The summed E-state index contributed by atoms with van der Waals surface area (Å²) in [6.07, 6.45) is -0.890. The lowest BCUT2D eigenvalue weighted by Crippen LogP contribution is -2.30. The Morgan fingerprint density at radius 1 is 0.929 bits per heavy atom. The zero-order valence-electron chi connectivity index (χ0n) is 15.6. The number of ether oxygens (including phenoxy) is 1. The maximum Gasteiger partial charge on any atom is 0.417 e. The topological polar surface area (TPSA) is 25.4 Å². The van der Waals surface area contributed by atoms with Crippen LogP contribution >= 0.6 is 0 Å². The third-order valence-electron chi connectivity index (χ3n) is 5.20. The molecule has 0 atom stereocenters. The first-order chi connectivity index (χ1) is 13.5. The van der Waals surface area contributed by atoms with Crippen molar-refractivity contribution in [3.63, 3.8) is 0 Å². The lowest BCUT2D eigenvalue weighted by Gasteiger charge is -2.27. The van der Waals surface area contributed by atoms with Crippen LogP contribution in [0.1, 0.15) is 24.8 Å². The van der Waals surface area contributed by atoms with Gasteiger partial charge in [-0.25, -0.2) is 4.98 Å². The number of aromatic nitrogens is 1. The van der Waals surface area contributed by atoms with E-state index in [0.29, 0.717) is 5.56 Å². The van der Waals surface area contributed by atoms with E-state index in [-0.39, 0.29) is 11.3 Å². The van der Waals surface area contributed by atoms with Crippen LogP contribution in [0.25, 0.3) is 22.0 Å². The smallest absolute Gasteiger partial charge is 0.417 e. The Balaban J connectivity index is 1.74. The van der Waals surface area contributed by atoms with Crippen LogP contribution in [0.3, 0.4) is 0 Å². The second-order valence-corrected chi connectivity index (χ2v) is 7.03. The highest BCUT2D eigenvalue weighted by atomic mass is 19.4. The minimum atomic E-state index is -4.46. The molecule has 0 bridgehead atoms. The molecule has 1 aliphatic heterocycles. The minimum absolute atomic E-state index is 0.135. The first-order valence-electron chi connectivity index (χ1n) is 9.37. The third-order valence-corrected chi connectivity index (χ3v) is 5.20. The van der Waals surface area contributed by atoms with Crippen LogP contribution in [0, 0.1) is 0 Å². The zero-order valence-corrected chi connectivity index (χ0v) is 15.6. The van der Waals surface area contributed by atoms with E-state index in [0.717, 1.165) is 48.7 Å². The maximum atomic E-state index is 13.5. The van der Waals surface area contributed by atoms with E-state index in [1.165, 1.54) is 19.6 Å². The van der Waals surface area contributed by atoms with Crippen LogP contribution < -0.4 is 9.64 Å². The first kappa shape index (κ1) is 18.6. The van der Waals surface area contributed by atoms with Gasteiger partial charge in [0.05, 0.1) is 18.2 Å². The normalized spacial score (nSPS) is 15.1. The monoisotopic (exact) mass is 386 g/mol. The summed E-state index contributed by atoms with van der Waals surface area (Å²) in [6.45, 7) is 1.99. The van der Waals surface area contributed by atoms with Crippen molar-refractivity contribution in [2.75, 3.05) is 25.1 Å². The highest BCUT2D eigenvalue weighted by Gasteiger charge is 2.34.